The van der Waals surface area contributed by atoms with Gasteiger partial charge in [0.15, 0.2) is 0 Å². The number of hydrogen-bond donors (Lipinski definition) is 1. The molecule has 0 bridgehead atoms. The van der Waals surface area contributed by atoms with Gasteiger partial charge in [-0.15, -0.1) is 0 Å². The van der Waals surface area contributed by atoms with Crippen molar-refractivity contribution in [1.82, 2.24) is 9.78 Å². The van der Waals surface area contributed by atoms with E-state index in [-0.39, 0.29) is 12.5 Å². The Morgan fingerprint density at radius 1 is 1.60 bits per heavy atom. The number of aliphatic hydroxyl groups is 1. The van der Waals surface area contributed by atoms with Crippen LogP contribution in [-0.4, -0.2) is 14.9 Å². The summed E-state index contributed by atoms with van der Waals surface area (Å²) in [6.45, 7) is 4.34. The lowest BCUT2D eigenvalue weighted by Crippen LogP contribution is -2.00. The van der Waals surface area contributed by atoms with Crippen LogP contribution in [0.5, 0.6) is 0 Å². The van der Waals surface area contributed by atoms with Crippen LogP contribution in [-0.2, 0) is 13.2 Å². The molecule has 4 nitrogen and oxygen atoms in total. The summed E-state index contributed by atoms with van der Waals surface area (Å²) in [7, 11) is 0. The van der Waals surface area contributed by atoms with Crippen molar-refractivity contribution in [2.75, 3.05) is 0 Å². The van der Waals surface area contributed by atoms with E-state index >= 15 is 0 Å². The average molecular weight is 228 g/mol. The molecule has 0 saturated heterocycles. The molecule has 0 unspecified atom stereocenters. The molecule has 82 valence electrons. The van der Waals surface area contributed by atoms with Crippen molar-refractivity contribution >= 4 is 11.6 Å². The lowest BCUT2D eigenvalue weighted by molar-refractivity contribution is 0.280. The summed E-state index contributed by atoms with van der Waals surface area (Å²) in [5.41, 5.74) is 1.48. The van der Waals surface area contributed by atoms with Crippen LogP contribution in [0.4, 0.5) is 0 Å². The molecule has 0 fully saturated rings. The predicted octanol–water partition coefficient (Wildman–Crippen LogP) is 2.07. The second kappa shape index (κ2) is 5.15. The summed E-state index contributed by atoms with van der Waals surface area (Å²) in [5.74, 6) is 0.216. The van der Waals surface area contributed by atoms with Crippen LogP contribution in [0.2, 0.25) is 5.15 Å². The SMILES string of the molecule is CC(C)c1nn(CCC#N)c(Cl)c1CO. The minimum atomic E-state index is -0.112. The van der Waals surface area contributed by atoms with Crippen LogP contribution in [0.3, 0.4) is 0 Å². The first-order valence-electron chi connectivity index (χ1n) is 4.84. The van der Waals surface area contributed by atoms with Gasteiger partial charge in [0.25, 0.3) is 0 Å². The Kier molecular flexibility index (Phi) is 4.13. The van der Waals surface area contributed by atoms with Crippen molar-refractivity contribution in [1.29, 1.82) is 5.26 Å². The molecule has 1 N–H and O–H groups in total. The fourth-order valence-corrected chi connectivity index (χ4v) is 1.69. The summed E-state index contributed by atoms with van der Waals surface area (Å²) in [6.07, 6.45) is 0.365. The fraction of sp³-hybridized carbons (Fsp3) is 0.600. The Labute approximate surface area is 94.1 Å². The Morgan fingerprint density at radius 2 is 2.27 bits per heavy atom. The van der Waals surface area contributed by atoms with Gasteiger partial charge in [0.05, 0.1) is 31.3 Å². The van der Waals surface area contributed by atoms with Crippen molar-refractivity contribution in [2.24, 2.45) is 0 Å². The van der Waals surface area contributed by atoms with Gasteiger partial charge >= 0.3 is 0 Å². The maximum absolute atomic E-state index is 9.18. The largest absolute Gasteiger partial charge is 0.391 e. The van der Waals surface area contributed by atoms with Gasteiger partial charge in [-0.3, -0.25) is 4.68 Å². The van der Waals surface area contributed by atoms with Crippen molar-refractivity contribution in [3.63, 3.8) is 0 Å². The van der Waals surface area contributed by atoms with Crippen molar-refractivity contribution in [3.8, 4) is 6.07 Å². The lowest BCUT2D eigenvalue weighted by atomic mass is 10.1. The minimum absolute atomic E-state index is 0.112. The Hall–Kier alpha value is -1.05. The number of aromatic nitrogens is 2. The molecule has 0 saturated carbocycles. The molecule has 0 amide bonds. The number of aryl methyl sites for hydroxylation is 1. The van der Waals surface area contributed by atoms with Crippen LogP contribution >= 0.6 is 11.6 Å². The first-order valence-corrected chi connectivity index (χ1v) is 5.22. The average Bonchev–Trinajstić information content (AvgIpc) is 2.52. The van der Waals surface area contributed by atoms with E-state index in [9.17, 15) is 5.11 Å². The first kappa shape index (κ1) is 12.0. The number of nitrogens with zero attached hydrogens (tertiary/aromatic N) is 3. The predicted molar refractivity (Wildman–Crippen MR) is 57.5 cm³/mol. The van der Waals surface area contributed by atoms with Gasteiger partial charge < -0.3 is 5.11 Å². The summed E-state index contributed by atoms with van der Waals surface area (Å²) >= 11 is 6.04. The quantitative estimate of drug-likeness (QED) is 0.857. The highest BCUT2D eigenvalue weighted by atomic mass is 35.5. The van der Waals surface area contributed by atoms with Crippen molar-refractivity contribution in [3.05, 3.63) is 16.4 Å². The summed E-state index contributed by atoms with van der Waals surface area (Å²) in [6, 6.07) is 2.04. The molecule has 0 aliphatic heterocycles. The number of nitriles is 1. The molecular formula is C10H14ClN3O. The molecule has 1 aromatic heterocycles. The third kappa shape index (κ3) is 2.49. The summed E-state index contributed by atoms with van der Waals surface area (Å²) in [4.78, 5) is 0. The zero-order chi connectivity index (χ0) is 11.4. The standard InChI is InChI=1S/C10H14ClN3O/c1-7(2)9-8(6-15)10(11)14(13-9)5-3-4-12/h7,15H,3,5-6H2,1-2H3. The van der Waals surface area contributed by atoms with Crippen LogP contribution in [0, 0.1) is 11.3 Å². The molecule has 15 heavy (non-hydrogen) atoms. The maximum Gasteiger partial charge on any atom is 0.132 e. The number of rotatable bonds is 4. The fourth-order valence-electron chi connectivity index (χ4n) is 1.41. The topological polar surface area (TPSA) is 61.8 Å². The third-order valence-corrected chi connectivity index (χ3v) is 2.58. The van der Waals surface area contributed by atoms with Gasteiger partial charge in [-0.25, -0.2) is 0 Å². The smallest absolute Gasteiger partial charge is 0.132 e. The van der Waals surface area contributed by atoms with E-state index < -0.39 is 0 Å². The zero-order valence-corrected chi connectivity index (χ0v) is 9.62. The second-order valence-corrected chi connectivity index (χ2v) is 3.96. The van der Waals surface area contributed by atoms with Crippen LogP contribution in [0.1, 0.15) is 37.4 Å². The molecular weight excluding hydrogens is 214 g/mol. The van der Waals surface area contributed by atoms with Gasteiger partial charge in [-0.2, -0.15) is 10.4 Å². The van der Waals surface area contributed by atoms with E-state index in [0.717, 1.165) is 5.69 Å². The van der Waals surface area contributed by atoms with Gasteiger partial charge in [0.2, 0.25) is 0 Å². The van der Waals surface area contributed by atoms with E-state index in [1.807, 2.05) is 19.9 Å². The van der Waals surface area contributed by atoms with E-state index in [0.29, 0.717) is 23.7 Å². The van der Waals surface area contributed by atoms with Crippen LogP contribution in [0.15, 0.2) is 0 Å². The maximum atomic E-state index is 9.18. The van der Waals surface area contributed by atoms with E-state index in [1.54, 1.807) is 4.68 Å². The Morgan fingerprint density at radius 3 is 2.67 bits per heavy atom. The minimum Gasteiger partial charge on any atom is -0.391 e. The number of hydrogen-bond acceptors (Lipinski definition) is 3. The molecule has 1 aromatic rings. The molecule has 0 atom stereocenters. The Balaban J connectivity index is 3.05. The monoisotopic (exact) mass is 227 g/mol. The van der Waals surface area contributed by atoms with Crippen LogP contribution in [0.25, 0.3) is 0 Å². The molecule has 1 heterocycles. The first-order chi connectivity index (χ1) is 7.11. The molecule has 0 aliphatic carbocycles. The van der Waals surface area contributed by atoms with Gasteiger partial charge in [-0.05, 0) is 5.92 Å². The van der Waals surface area contributed by atoms with Crippen molar-refractivity contribution < 1.29 is 5.11 Å². The highest BCUT2D eigenvalue weighted by Crippen LogP contribution is 2.25. The number of halogens is 1. The molecule has 1 rings (SSSR count). The second-order valence-electron chi connectivity index (χ2n) is 3.60. The van der Waals surface area contributed by atoms with Gasteiger partial charge in [0.1, 0.15) is 5.15 Å². The molecule has 0 radical (unpaired) electrons. The van der Waals surface area contributed by atoms with E-state index in [2.05, 4.69) is 5.10 Å². The molecule has 5 heteroatoms. The zero-order valence-electron chi connectivity index (χ0n) is 8.87. The number of aliphatic hydroxyl groups excluding tert-OH is 1. The van der Waals surface area contributed by atoms with Crippen LogP contribution < -0.4 is 0 Å². The highest BCUT2D eigenvalue weighted by Gasteiger charge is 2.17. The summed E-state index contributed by atoms with van der Waals surface area (Å²) in [5, 5.41) is 22.4. The Bertz CT molecular complexity index is 379. The normalized spacial score (nSPS) is 10.7. The summed E-state index contributed by atoms with van der Waals surface area (Å²) < 4.78 is 1.58. The van der Waals surface area contributed by atoms with Gasteiger partial charge in [-0.1, -0.05) is 25.4 Å². The van der Waals surface area contributed by atoms with E-state index in [1.165, 1.54) is 0 Å². The molecule has 0 aliphatic rings. The highest BCUT2D eigenvalue weighted by molar-refractivity contribution is 6.30. The van der Waals surface area contributed by atoms with E-state index in [4.69, 9.17) is 16.9 Å². The third-order valence-electron chi connectivity index (χ3n) is 2.15. The lowest BCUT2D eigenvalue weighted by Gasteiger charge is -2.01. The molecule has 0 aromatic carbocycles. The van der Waals surface area contributed by atoms with Gasteiger partial charge in [0, 0.05) is 5.56 Å². The molecule has 0 spiro atoms. The van der Waals surface area contributed by atoms with Crippen molar-refractivity contribution in [2.45, 2.75) is 39.3 Å².